The Hall–Kier alpha value is -3.95. The number of halogens is 5. The summed E-state index contributed by atoms with van der Waals surface area (Å²) >= 11 is 0. The first-order valence-electron chi connectivity index (χ1n) is 9.96. The Kier molecular flexibility index (Phi) is 7.50. The molecular weight excluding hydrogens is 461 g/mol. The number of hydrogen-bond acceptors (Lipinski definition) is 3. The molecule has 0 aromatic heterocycles. The molecule has 1 unspecified atom stereocenters. The van der Waals surface area contributed by atoms with E-state index >= 15 is 0 Å². The van der Waals surface area contributed by atoms with E-state index in [9.17, 15) is 31.5 Å². The average Bonchev–Trinajstić information content (AvgIpc) is 2.76. The van der Waals surface area contributed by atoms with Gasteiger partial charge in [0, 0.05) is 6.42 Å². The number of carbonyl (C=O) groups excluding carboxylic acids is 1. The number of ether oxygens (including phenoxy) is 1. The van der Waals surface area contributed by atoms with Gasteiger partial charge in [-0.25, -0.2) is 13.6 Å². The summed E-state index contributed by atoms with van der Waals surface area (Å²) in [5.74, 6) is -3.16. The van der Waals surface area contributed by atoms with Crippen LogP contribution in [-0.4, -0.2) is 23.3 Å². The molecule has 10 heteroatoms. The lowest BCUT2D eigenvalue weighted by Gasteiger charge is -2.18. The maximum absolute atomic E-state index is 13.8. The van der Waals surface area contributed by atoms with Crippen molar-refractivity contribution < 1.29 is 41.4 Å². The number of hydrogen-bond donors (Lipinski definition) is 2. The Morgan fingerprint density at radius 1 is 0.882 bits per heavy atom. The molecule has 3 aromatic rings. The van der Waals surface area contributed by atoms with Crippen LogP contribution in [0.4, 0.5) is 26.7 Å². The number of carboxylic acid groups (broad SMARTS) is 1. The molecule has 3 aromatic carbocycles. The predicted molar refractivity (Wildman–Crippen MR) is 112 cm³/mol. The first kappa shape index (κ1) is 24.7. The van der Waals surface area contributed by atoms with Crippen LogP contribution < -0.4 is 10.1 Å². The third-order valence-electron chi connectivity index (χ3n) is 4.93. The van der Waals surface area contributed by atoms with E-state index in [1.54, 1.807) is 24.3 Å². The molecule has 2 N–H and O–H groups in total. The number of nitrogens with one attached hydrogen (secondary N) is 1. The largest absolute Gasteiger partial charge is 0.573 e. The summed E-state index contributed by atoms with van der Waals surface area (Å²) in [6.07, 6.45) is -6.51. The van der Waals surface area contributed by atoms with Gasteiger partial charge in [0.2, 0.25) is 0 Å². The zero-order valence-corrected chi connectivity index (χ0v) is 17.4. The Morgan fingerprint density at radius 2 is 1.41 bits per heavy atom. The SMILES string of the molecule is O=C(O)NC(CCC(=O)c1c(F)cccc1F)c1ccc(-c2ccc(OC(F)(F)F)cc2)cc1. The van der Waals surface area contributed by atoms with Gasteiger partial charge in [0.25, 0.3) is 0 Å². The highest BCUT2D eigenvalue weighted by Crippen LogP contribution is 2.28. The van der Waals surface area contributed by atoms with Crippen molar-refractivity contribution >= 4 is 11.9 Å². The average molecular weight is 479 g/mol. The quantitative estimate of drug-likeness (QED) is 0.286. The minimum absolute atomic E-state index is 0.0538. The Bertz CT molecular complexity index is 1140. The van der Waals surface area contributed by atoms with Crippen molar-refractivity contribution in [2.24, 2.45) is 0 Å². The van der Waals surface area contributed by atoms with Crippen molar-refractivity contribution in [3.63, 3.8) is 0 Å². The van der Waals surface area contributed by atoms with Gasteiger partial charge in [-0.05, 0) is 47.4 Å². The maximum Gasteiger partial charge on any atom is 0.573 e. The van der Waals surface area contributed by atoms with Crippen molar-refractivity contribution in [2.45, 2.75) is 25.2 Å². The monoisotopic (exact) mass is 479 g/mol. The number of Topliss-reactive ketones (excluding diaryl/α,β-unsaturated/α-hetero) is 1. The second-order valence-electron chi connectivity index (χ2n) is 7.25. The van der Waals surface area contributed by atoms with Crippen molar-refractivity contribution in [1.29, 1.82) is 0 Å². The van der Waals surface area contributed by atoms with E-state index < -0.39 is 41.5 Å². The van der Waals surface area contributed by atoms with Gasteiger partial charge in [0.05, 0.1) is 11.6 Å². The van der Waals surface area contributed by atoms with Crippen LogP contribution in [0.5, 0.6) is 5.75 Å². The van der Waals surface area contributed by atoms with Crippen LogP contribution in [0, 0.1) is 11.6 Å². The van der Waals surface area contributed by atoms with Gasteiger partial charge in [-0.15, -0.1) is 13.2 Å². The number of rotatable bonds is 8. The van der Waals surface area contributed by atoms with Crippen LogP contribution >= 0.6 is 0 Å². The number of benzene rings is 3. The van der Waals surface area contributed by atoms with Gasteiger partial charge in [-0.3, -0.25) is 4.79 Å². The molecule has 0 fully saturated rings. The zero-order chi connectivity index (χ0) is 24.9. The van der Waals surface area contributed by atoms with E-state index in [1.807, 2.05) is 0 Å². The van der Waals surface area contributed by atoms with Crippen molar-refractivity contribution in [2.75, 3.05) is 0 Å². The summed E-state index contributed by atoms with van der Waals surface area (Å²) in [4.78, 5) is 23.5. The lowest BCUT2D eigenvalue weighted by atomic mass is 9.96. The highest BCUT2D eigenvalue weighted by atomic mass is 19.4. The number of ketones is 1. The first-order chi connectivity index (χ1) is 16.0. The van der Waals surface area contributed by atoms with Crippen molar-refractivity contribution in [1.82, 2.24) is 5.32 Å². The second-order valence-corrected chi connectivity index (χ2v) is 7.25. The number of carbonyl (C=O) groups is 2. The minimum Gasteiger partial charge on any atom is -0.465 e. The third-order valence-corrected chi connectivity index (χ3v) is 4.93. The van der Waals surface area contributed by atoms with Crippen LogP contribution in [0.1, 0.15) is 34.8 Å². The summed E-state index contributed by atoms with van der Waals surface area (Å²) in [6.45, 7) is 0. The smallest absolute Gasteiger partial charge is 0.465 e. The van der Waals surface area contributed by atoms with Gasteiger partial charge in [-0.1, -0.05) is 42.5 Å². The molecular formula is C24H18F5NO4. The van der Waals surface area contributed by atoms with Crippen LogP contribution in [0.15, 0.2) is 66.7 Å². The second kappa shape index (κ2) is 10.3. The van der Waals surface area contributed by atoms with Gasteiger partial charge in [0.15, 0.2) is 5.78 Å². The fraction of sp³-hybridized carbons (Fsp3) is 0.167. The first-order valence-corrected chi connectivity index (χ1v) is 9.96. The Morgan fingerprint density at radius 3 is 1.91 bits per heavy atom. The fourth-order valence-corrected chi connectivity index (χ4v) is 3.39. The highest BCUT2D eigenvalue weighted by molar-refractivity contribution is 5.96. The molecule has 0 saturated heterocycles. The molecule has 3 rings (SSSR count). The summed E-state index contributed by atoms with van der Waals surface area (Å²) < 4.78 is 68.4. The normalized spacial score (nSPS) is 12.1. The third kappa shape index (κ3) is 6.53. The van der Waals surface area contributed by atoms with E-state index in [0.29, 0.717) is 16.7 Å². The lowest BCUT2D eigenvalue weighted by molar-refractivity contribution is -0.274. The fourth-order valence-electron chi connectivity index (χ4n) is 3.39. The predicted octanol–water partition coefficient (Wildman–Crippen LogP) is 6.50. The Labute approximate surface area is 190 Å². The minimum atomic E-state index is -4.80. The summed E-state index contributed by atoms with van der Waals surface area (Å²) in [7, 11) is 0. The van der Waals surface area contributed by atoms with Gasteiger partial charge >= 0.3 is 12.5 Å². The zero-order valence-electron chi connectivity index (χ0n) is 17.4. The van der Waals surface area contributed by atoms with Crippen LogP contribution in [0.25, 0.3) is 11.1 Å². The van der Waals surface area contributed by atoms with E-state index in [2.05, 4.69) is 10.1 Å². The number of amides is 1. The number of alkyl halides is 3. The molecule has 34 heavy (non-hydrogen) atoms. The van der Waals surface area contributed by atoms with E-state index in [4.69, 9.17) is 5.11 Å². The molecule has 0 aliphatic carbocycles. The molecule has 178 valence electrons. The van der Waals surface area contributed by atoms with Gasteiger partial charge < -0.3 is 15.2 Å². The molecule has 0 radical (unpaired) electrons. The van der Waals surface area contributed by atoms with Crippen LogP contribution in [-0.2, 0) is 0 Å². The van der Waals surface area contributed by atoms with E-state index in [1.165, 1.54) is 24.3 Å². The molecule has 0 heterocycles. The van der Waals surface area contributed by atoms with Crippen molar-refractivity contribution in [3.8, 4) is 16.9 Å². The van der Waals surface area contributed by atoms with E-state index in [-0.39, 0.29) is 18.6 Å². The molecule has 1 atom stereocenters. The molecule has 0 bridgehead atoms. The van der Waals surface area contributed by atoms with Gasteiger partial charge in [0.1, 0.15) is 17.4 Å². The summed E-state index contributed by atoms with van der Waals surface area (Å²) in [5.41, 5.74) is 1.05. The Balaban J connectivity index is 1.73. The molecule has 0 saturated carbocycles. The highest BCUT2D eigenvalue weighted by Gasteiger charge is 2.31. The topological polar surface area (TPSA) is 75.6 Å². The standard InChI is InChI=1S/C24H18F5NO4/c25-18-2-1-3-19(26)22(18)21(31)13-12-20(30-23(32)33)16-6-4-14(5-7-16)15-8-10-17(11-9-15)34-24(27,28)29/h1-11,20,30H,12-13H2,(H,32,33). The molecule has 0 aliphatic rings. The molecule has 0 aliphatic heterocycles. The van der Waals surface area contributed by atoms with E-state index in [0.717, 1.165) is 18.2 Å². The summed E-state index contributed by atoms with van der Waals surface area (Å²) in [6, 6.07) is 13.9. The van der Waals surface area contributed by atoms with Crippen molar-refractivity contribution in [3.05, 3.63) is 89.5 Å². The van der Waals surface area contributed by atoms with Gasteiger partial charge in [-0.2, -0.15) is 0 Å². The maximum atomic E-state index is 13.8. The van der Waals surface area contributed by atoms with Crippen LogP contribution in [0.3, 0.4) is 0 Å². The lowest BCUT2D eigenvalue weighted by Crippen LogP contribution is -2.27. The molecule has 5 nitrogen and oxygen atoms in total. The molecule has 1 amide bonds. The molecule has 0 spiro atoms. The van der Waals surface area contributed by atoms with Crippen LogP contribution in [0.2, 0.25) is 0 Å². The summed E-state index contributed by atoms with van der Waals surface area (Å²) in [5, 5.41) is 11.4.